The second-order valence-corrected chi connectivity index (χ2v) is 6.21. The Kier molecular flexibility index (Phi) is 4.65. The van der Waals surface area contributed by atoms with Crippen molar-refractivity contribution >= 4 is 23.3 Å². The van der Waals surface area contributed by atoms with Crippen LogP contribution in [0.2, 0.25) is 0 Å². The van der Waals surface area contributed by atoms with Gasteiger partial charge >= 0.3 is 12.0 Å². The second kappa shape index (κ2) is 6.26. The summed E-state index contributed by atoms with van der Waals surface area (Å²) in [6, 6.07) is 1.90. The van der Waals surface area contributed by atoms with Gasteiger partial charge < -0.3 is 15.3 Å². The lowest BCUT2D eigenvalue weighted by Crippen LogP contribution is -2.38. The molecule has 0 saturated carbocycles. The molecule has 1 aliphatic heterocycles. The first kappa shape index (κ1) is 14.8. The Labute approximate surface area is 122 Å². The van der Waals surface area contributed by atoms with Gasteiger partial charge in [0.25, 0.3) is 0 Å². The number of rotatable bonds is 4. The number of carbonyl (C=O) groups is 2. The van der Waals surface area contributed by atoms with Crippen molar-refractivity contribution in [2.24, 2.45) is 11.8 Å². The van der Waals surface area contributed by atoms with Crippen molar-refractivity contribution in [3.63, 3.8) is 0 Å². The molecule has 1 saturated heterocycles. The summed E-state index contributed by atoms with van der Waals surface area (Å²) in [5, 5.41) is 14.0. The van der Waals surface area contributed by atoms with E-state index in [2.05, 4.69) is 18.3 Å². The molecule has 1 aromatic rings. The van der Waals surface area contributed by atoms with Crippen LogP contribution in [-0.4, -0.2) is 35.1 Å². The number of hydrogen-bond donors (Lipinski definition) is 2. The molecule has 20 heavy (non-hydrogen) atoms. The lowest BCUT2D eigenvalue weighted by atomic mass is 9.99. The van der Waals surface area contributed by atoms with Crippen LogP contribution < -0.4 is 5.32 Å². The highest BCUT2D eigenvalue weighted by atomic mass is 32.1. The highest BCUT2D eigenvalue weighted by Crippen LogP contribution is 2.23. The monoisotopic (exact) mass is 296 g/mol. The molecule has 0 aliphatic carbocycles. The Balaban J connectivity index is 1.89. The molecule has 0 unspecified atom stereocenters. The normalized spacial score (nSPS) is 22.0. The standard InChI is InChI=1S/C14H20N2O3S/c1-3-10-4-5-20-12(10)6-15-14(19)16-7-9(2)11(8-16)13(17)18/h4-5,9,11H,3,6-8H2,1-2H3,(H,15,19)(H,17,18)/t9-,11-/m1/s1. The molecule has 0 radical (unpaired) electrons. The second-order valence-electron chi connectivity index (χ2n) is 5.21. The van der Waals surface area contributed by atoms with Gasteiger partial charge in [-0.3, -0.25) is 4.79 Å². The van der Waals surface area contributed by atoms with E-state index < -0.39 is 11.9 Å². The average Bonchev–Trinajstić information content (AvgIpc) is 3.01. The van der Waals surface area contributed by atoms with E-state index in [0.717, 1.165) is 6.42 Å². The molecule has 5 nitrogen and oxygen atoms in total. The summed E-state index contributed by atoms with van der Waals surface area (Å²) in [7, 11) is 0. The number of urea groups is 1. The van der Waals surface area contributed by atoms with Crippen LogP contribution in [0.3, 0.4) is 0 Å². The molecule has 0 spiro atoms. The van der Waals surface area contributed by atoms with Crippen LogP contribution in [0.4, 0.5) is 4.79 Å². The zero-order chi connectivity index (χ0) is 14.7. The number of amides is 2. The van der Waals surface area contributed by atoms with Crippen LogP contribution >= 0.6 is 11.3 Å². The van der Waals surface area contributed by atoms with E-state index in [9.17, 15) is 9.59 Å². The van der Waals surface area contributed by atoms with Crippen molar-refractivity contribution in [2.75, 3.05) is 13.1 Å². The smallest absolute Gasteiger partial charge is 0.317 e. The number of nitrogens with zero attached hydrogens (tertiary/aromatic N) is 1. The predicted octanol–water partition coefficient (Wildman–Crippen LogP) is 2.17. The number of carboxylic acid groups (broad SMARTS) is 1. The van der Waals surface area contributed by atoms with Crippen LogP contribution in [0.25, 0.3) is 0 Å². The first-order valence-electron chi connectivity index (χ1n) is 6.83. The van der Waals surface area contributed by atoms with Crippen molar-refractivity contribution < 1.29 is 14.7 Å². The maximum atomic E-state index is 12.1. The summed E-state index contributed by atoms with van der Waals surface area (Å²) >= 11 is 1.64. The molecule has 1 fully saturated rings. The topological polar surface area (TPSA) is 69.6 Å². The predicted molar refractivity (Wildman–Crippen MR) is 77.8 cm³/mol. The van der Waals surface area contributed by atoms with Crippen molar-refractivity contribution in [3.8, 4) is 0 Å². The van der Waals surface area contributed by atoms with Gasteiger partial charge in [-0.1, -0.05) is 13.8 Å². The first-order chi connectivity index (χ1) is 9.52. The van der Waals surface area contributed by atoms with Crippen molar-refractivity contribution in [1.29, 1.82) is 0 Å². The first-order valence-corrected chi connectivity index (χ1v) is 7.71. The third-order valence-corrected chi connectivity index (χ3v) is 4.80. The average molecular weight is 296 g/mol. The lowest BCUT2D eigenvalue weighted by Gasteiger charge is -2.16. The number of carboxylic acids is 1. The van der Waals surface area contributed by atoms with Crippen LogP contribution in [-0.2, 0) is 17.8 Å². The minimum atomic E-state index is -0.820. The van der Waals surface area contributed by atoms with Crippen molar-refractivity contribution in [2.45, 2.75) is 26.8 Å². The summed E-state index contributed by atoms with van der Waals surface area (Å²) in [5.74, 6) is -1.26. The molecule has 1 aromatic heterocycles. The van der Waals surface area contributed by atoms with Gasteiger partial charge in [0.2, 0.25) is 0 Å². The Bertz CT molecular complexity index is 500. The molecule has 0 bridgehead atoms. The van der Waals surface area contributed by atoms with Gasteiger partial charge in [-0.15, -0.1) is 11.3 Å². The minimum absolute atomic E-state index is 0.00573. The van der Waals surface area contributed by atoms with Crippen LogP contribution in [0.1, 0.15) is 24.3 Å². The minimum Gasteiger partial charge on any atom is -0.481 e. The fourth-order valence-electron chi connectivity index (χ4n) is 2.56. The van der Waals surface area contributed by atoms with E-state index in [1.54, 1.807) is 16.2 Å². The van der Waals surface area contributed by atoms with Gasteiger partial charge in [0.1, 0.15) is 0 Å². The largest absolute Gasteiger partial charge is 0.481 e. The number of aliphatic carboxylic acids is 1. The summed E-state index contributed by atoms with van der Waals surface area (Å²) in [4.78, 5) is 25.9. The van der Waals surface area contributed by atoms with Crippen LogP contribution in [0, 0.1) is 11.8 Å². The fraction of sp³-hybridized carbons (Fsp3) is 0.571. The molecular weight excluding hydrogens is 276 g/mol. The number of likely N-dealkylation sites (tertiary alicyclic amines) is 1. The summed E-state index contributed by atoms with van der Waals surface area (Å²) < 4.78 is 0. The fourth-order valence-corrected chi connectivity index (χ4v) is 3.47. The Hall–Kier alpha value is -1.56. The van der Waals surface area contributed by atoms with E-state index in [0.29, 0.717) is 19.6 Å². The number of thiophene rings is 1. The molecule has 2 amide bonds. The van der Waals surface area contributed by atoms with E-state index in [1.807, 2.05) is 12.3 Å². The zero-order valence-electron chi connectivity index (χ0n) is 11.8. The molecule has 2 N–H and O–H groups in total. The maximum absolute atomic E-state index is 12.1. The Morgan fingerprint density at radius 2 is 2.25 bits per heavy atom. The maximum Gasteiger partial charge on any atom is 0.317 e. The zero-order valence-corrected chi connectivity index (χ0v) is 12.6. The van der Waals surface area contributed by atoms with Crippen LogP contribution in [0.15, 0.2) is 11.4 Å². The molecule has 110 valence electrons. The van der Waals surface area contributed by atoms with E-state index in [4.69, 9.17) is 5.11 Å². The molecule has 1 aliphatic rings. The van der Waals surface area contributed by atoms with Gasteiger partial charge in [0.15, 0.2) is 0 Å². The van der Waals surface area contributed by atoms with Gasteiger partial charge in [-0.05, 0) is 29.3 Å². The molecule has 0 aromatic carbocycles. The molecule has 2 atom stereocenters. The Morgan fingerprint density at radius 3 is 2.85 bits per heavy atom. The molecule has 2 heterocycles. The van der Waals surface area contributed by atoms with Gasteiger partial charge in [-0.25, -0.2) is 4.79 Å². The van der Waals surface area contributed by atoms with Gasteiger partial charge in [-0.2, -0.15) is 0 Å². The molecular formula is C14H20N2O3S. The van der Waals surface area contributed by atoms with Gasteiger partial charge in [0.05, 0.1) is 12.5 Å². The van der Waals surface area contributed by atoms with Crippen molar-refractivity contribution in [1.82, 2.24) is 10.2 Å². The van der Waals surface area contributed by atoms with Crippen molar-refractivity contribution in [3.05, 3.63) is 21.9 Å². The Morgan fingerprint density at radius 1 is 1.50 bits per heavy atom. The number of aryl methyl sites for hydroxylation is 1. The summed E-state index contributed by atoms with van der Waals surface area (Å²) in [5.41, 5.74) is 1.26. The molecule has 6 heteroatoms. The third-order valence-electron chi connectivity index (χ3n) is 3.84. The lowest BCUT2D eigenvalue weighted by molar-refractivity contribution is -0.142. The number of hydrogen-bond acceptors (Lipinski definition) is 3. The quantitative estimate of drug-likeness (QED) is 0.894. The summed E-state index contributed by atoms with van der Waals surface area (Å²) in [6.07, 6.45) is 0.955. The number of carbonyl (C=O) groups excluding carboxylic acids is 1. The SMILES string of the molecule is CCc1ccsc1CNC(=O)N1C[C@@H](C)[C@H](C(=O)O)C1. The number of nitrogens with one attached hydrogen (secondary N) is 1. The van der Waals surface area contributed by atoms with Crippen LogP contribution in [0.5, 0.6) is 0 Å². The van der Waals surface area contributed by atoms with Gasteiger partial charge in [0, 0.05) is 18.0 Å². The highest BCUT2D eigenvalue weighted by molar-refractivity contribution is 7.10. The summed E-state index contributed by atoms with van der Waals surface area (Å²) in [6.45, 7) is 5.29. The third kappa shape index (κ3) is 3.12. The van der Waals surface area contributed by atoms with E-state index >= 15 is 0 Å². The van der Waals surface area contributed by atoms with E-state index in [1.165, 1.54) is 10.4 Å². The van der Waals surface area contributed by atoms with E-state index in [-0.39, 0.29) is 11.9 Å². The highest BCUT2D eigenvalue weighted by Gasteiger charge is 2.36. The molecule has 2 rings (SSSR count).